The van der Waals surface area contributed by atoms with Crippen LogP contribution >= 0.6 is 0 Å². The maximum atomic E-state index is 4.54. The zero-order chi connectivity index (χ0) is 16.5. The molecule has 1 atom stereocenters. The van der Waals surface area contributed by atoms with E-state index in [2.05, 4.69) is 38.2 Å². The van der Waals surface area contributed by atoms with Crippen LogP contribution in [0, 0.1) is 19.8 Å². The molecule has 4 rings (SSSR count). The van der Waals surface area contributed by atoms with Crippen LogP contribution in [-0.2, 0) is 0 Å². The highest BCUT2D eigenvalue weighted by atomic mass is 15.2. The second kappa shape index (κ2) is 6.63. The van der Waals surface area contributed by atoms with Crippen molar-refractivity contribution in [2.45, 2.75) is 52.0 Å². The largest absolute Gasteiger partial charge is 0.369 e. The molecular formula is C19H27N5. The number of hydrogen-bond donors (Lipinski definition) is 1. The van der Waals surface area contributed by atoms with Gasteiger partial charge in [-0.1, -0.05) is 12.8 Å². The zero-order valence-electron chi connectivity index (χ0n) is 14.8. The van der Waals surface area contributed by atoms with E-state index in [0.717, 1.165) is 35.1 Å². The molecule has 1 aliphatic carbocycles. The Hall–Kier alpha value is -1.75. The molecule has 2 aromatic heterocycles. The average molecular weight is 325 g/mol. The number of anilines is 1. The number of nitrogens with one attached hydrogen (secondary N) is 1. The van der Waals surface area contributed by atoms with Crippen molar-refractivity contribution in [2.75, 3.05) is 25.0 Å². The second-order valence-corrected chi connectivity index (χ2v) is 7.47. The lowest BCUT2D eigenvalue weighted by molar-refractivity contribution is 0.238. The third-order valence-corrected chi connectivity index (χ3v) is 5.65. The Kier molecular flexibility index (Phi) is 4.35. The first-order chi connectivity index (χ1) is 11.7. The Morgan fingerprint density at radius 3 is 2.83 bits per heavy atom. The van der Waals surface area contributed by atoms with E-state index in [1.54, 1.807) is 6.33 Å². The molecule has 0 radical (unpaired) electrons. The first-order valence-electron chi connectivity index (χ1n) is 9.27. The molecule has 1 N–H and O–H groups in total. The minimum Gasteiger partial charge on any atom is -0.369 e. The zero-order valence-corrected chi connectivity index (χ0v) is 14.8. The van der Waals surface area contributed by atoms with Gasteiger partial charge in [0.15, 0.2) is 5.65 Å². The number of aromatic nitrogens is 3. The van der Waals surface area contributed by atoms with Crippen LogP contribution in [0.5, 0.6) is 0 Å². The normalized spacial score (nSPS) is 22.5. The van der Waals surface area contributed by atoms with E-state index in [0.29, 0.717) is 5.92 Å². The third kappa shape index (κ3) is 3.09. The number of likely N-dealkylation sites (tertiary alicyclic amines) is 1. The van der Waals surface area contributed by atoms with Gasteiger partial charge in [-0.25, -0.2) is 15.0 Å². The van der Waals surface area contributed by atoms with Gasteiger partial charge in [0.2, 0.25) is 0 Å². The molecule has 24 heavy (non-hydrogen) atoms. The summed E-state index contributed by atoms with van der Waals surface area (Å²) in [5.74, 6) is 1.65. The Bertz CT molecular complexity index is 723. The molecule has 1 saturated carbocycles. The smallest absolute Gasteiger partial charge is 0.165 e. The van der Waals surface area contributed by atoms with Crippen molar-refractivity contribution in [1.82, 2.24) is 19.9 Å². The number of aryl methyl sites for hydroxylation is 2. The van der Waals surface area contributed by atoms with Crippen LogP contribution in [0.1, 0.15) is 43.4 Å². The second-order valence-electron chi connectivity index (χ2n) is 7.47. The summed E-state index contributed by atoms with van der Waals surface area (Å²) in [6, 6.07) is 2.96. The van der Waals surface area contributed by atoms with E-state index in [-0.39, 0.29) is 0 Å². The molecule has 1 aliphatic heterocycles. The van der Waals surface area contributed by atoms with Crippen LogP contribution < -0.4 is 5.32 Å². The standard InChI is InChI=1S/C19H27N5/c1-13-9-14(2)23-19-17(13)18(21-12-22-19)20-10-15-7-8-24(11-15)16-5-3-4-6-16/h9,12,15-16H,3-8,10-11H2,1-2H3,(H,20,21,22,23)/t15-/m1/s1. The van der Waals surface area contributed by atoms with E-state index >= 15 is 0 Å². The summed E-state index contributed by atoms with van der Waals surface area (Å²) >= 11 is 0. The van der Waals surface area contributed by atoms with Crippen molar-refractivity contribution in [3.63, 3.8) is 0 Å². The molecule has 2 aliphatic rings. The average Bonchev–Trinajstić information content (AvgIpc) is 3.23. The van der Waals surface area contributed by atoms with Crippen molar-refractivity contribution >= 4 is 16.9 Å². The Morgan fingerprint density at radius 1 is 1.17 bits per heavy atom. The van der Waals surface area contributed by atoms with Gasteiger partial charge in [-0.2, -0.15) is 0 Å². The van der Waals surface area contributed by atoms with Crippen molar-refractivity contribution < 1.29 is 0 Å². The highest BCUT2D eigenvalue weighted by Crippen LogP contribution is 2.29. The topological polar surface area (TPSA) is 53.9 Å². The van der Waals surface area contributed by atoms with Crippen LogP contribution in [-0.4, -0.2) is 45.5 Å². The number of hydrogen-bond acceptors (Lipinski definition) is 5. The SMILES string of the molecule is Cc1cc(C)c2c(NC[C@H]3CCN(C4CCCC4)C3)ncnc2n1. The first kappa shape index (κ1) is 15.8. The van der Waals surface area contributed by atoms with E-state index < -0.39 is 0 Å². The molecule has 2 aromatic rings. The lowest BCUT2D eigenvalue weighted by atomic mass is 10.1. The van der Waals surface area contributed by atoms with Crippen molar-refractivity contribution in [3.8, 4) is 0 Å². The van der Waals surface area contributed by atoms with Gasteiger partial charge in [-0.05, 0) is 57.2 Å². The minimum atomic E-state index is 0.717. The molecular weight excluding hydrogens is 298 g/mol. The summed E-state index contributed by atoms with van der Waals surface area (Å²) in [5.41, 5.74) is 3.00. The summed E-state index contributed by atoms with van der Waals surface area (Å²) in [6.45, 7) is 7.61. The highest BCUT2D eigenvalue weighted by molar-refractivity contribution is 5.89. The fourth-order valence-electron chi connectivity index (χ4n) is 4.41. The summed E-state index contributed by atoms with van der Waals surface area (Å²) in [6.07, 6.45) is 8.56. The number of nitrogens with zero attached hydrogens (tertiary/aromatic N) is 4. The van der Waals surface area contributed by atoms with Crippen molar-refractivity contribution in [2.24, 2.45) is 5.92 Å². The van der Waals surface area contributed by atoms with E-state index in [1.807, 2.05) is 6.92 Å². The van der Waals surface area contributed by atoms with Crippen LogP contribution in [0.25, 0.3) is 11.0 Å². The van der Waals surface area contributed by atoms with E-state index in [1.165, 1.54) is 50.8 Å². The molecule has 0 amide bonds. The van der Waals surface area contributed by atoms with E-state index in [9.17, 15) is 0 Å². The molecule has 5 heteroatoms. The fraction of sp³-hybridized carbons (Fsp3) is 0.632. The maximum Gasteiger partial charge on any atom is 0.165 e. The first-order valence-corrected chi connectivity index (χ1v) is 9.27. The van der Waals surface area contributed by atoms with Gasteiger partial charge < -0.3 is 10.2 Å². The summed E-state index contributed by atoms with van der Waals surface area (Å²) in [5, 5.41) is 4.65. The monoisotopic (exact) mass is 325 g/mol. The quantitative estimate of drug-likeness (QED) is 0.934. The lowest BCUT2D eigenvalue weighted by Gasteiger charge is -2.23. The van der Waals surface area contributed by atoms with Gasteiger partial charge in [0.05, 0.1) is 5.39 Å². The summed E-state index contributed by atoms with van der Waals surface area (Å²) < 4.78 is 0. The van der Waals surface area contributed by atoms with E-state index in [4.69, 9.17) is 0 Å². The summed E-state index contributed by atoms with van der Waals surface area (Å²) in [4.78, 5) is 16.1. The predicted molar refractivity (Wildman–Crippen MR) is 97.2 cm³/mol. The Labute approximate surface area is 143 Å². The molecule has 0 bridgehead atoms. The van der Waals surface area contributed by atoms with Gasteiger partial charge in [0.25, 0.3) is 0 Å². The number of fused-ring (bicyclic) bond motifs is 1. The maximum absolute atomic E-state index is 4.54. The molecule has 3 heterocycles. The molecule has 0 unspecified atom stereocenters. The van der Waals surface area contributed by atoms with Gasteiger partial charge >= 0.3 is 0 Å². The van der Waals surface area contributed by atoms with Gasteiger partial charge in [-0.15, -0.1) is 0 Å². The number of pyridine rings is 1. The highest BCUT2D eigenvalue weighted by Gasteiger charge is 2.29. The van der Waals surface area contributed by atoms with Crippen LogP contribution in [0.3, 0.4) is 0 Å². The van der Waals surface area contributed by atoms with Gasteiger partial charge in [-0.3, -0.25) is 0 Å². The molecule has 0 aromatic carbocycles. The van der Waals surface area contributed by atoms with Crippen LogP contribution in [0.4, 0.5) is 5.82 Å². The Balaban J connectivity index is 1.44. The molecule has 128 valence electrons. The number of rotatable bonds is 4. The van der Waals surface area contributed by atoms with Crippen molar-refractivity contribution in [3.05, 3.63) is 23.7 Å². The van der Waals surface area contributed by atoms with Crippen molar-refractivity contribution in [1.29, 1.82) is 0 Å². The van der Waals surface area contributed by atoms with Crippen LogP contribution in [0.15, 0.2) is 12.4 Å². The molecule has 0 spiro atoms. The van der Waals surface area contributed by atoms with Gasteiger partial charge in [0, 0.05) is 24.8 Å². The molecule has 1 saturated heterocycles. The lowest BCUT2D eigenvalue weighted by Crippen LogP contribution is -2.31. The minimum absolute atomic E-state index is 0.717. The molecule has 2 fully saturated rings. The fourth-order valence-corrected chi connectivity index (χ4v) is 4.41. The van der Waals surface area contributed by atoms with Crippen LogP contribution in [0.2, 0.25) is 0 Å². The Morgan fingerprint density at radius 2 is 2.00 bits per heavy atom. The predicted octanol–water partition coefficient (Wildman–Crippen LogP) is 3.32. The third-order valence-electron chi connectivity index (χ3n) is 5.65. The van der Waals surface area contributed by atoms with Gasteiger partial charge in [0.1, 0.15) is 12.1 Å². The summed E-state index contributed by atoms with van der Waals surface area (Å²) in [7, 11) is 0. The molecule has 5 nitrogen and oxygen atoms in total.